The Hall–Kier alpha value is -2.84. The summed E-state index contributed by atoms with van der Waals surface area (Å²) in [6.07, 6.45) is 0. The Bertz CT molecular complexity index is 1170. The molecule has 0 saturated carbocycles. The van der Waals surface area contributed by atoms with Crippen molar-refractivity contribution in [1.82, 2.24) is 0 Å². The average Bonchev–Trinajstić information content (AvgIpc) is 2.93. The molecule has 0 saturated heterocycles. The molecule has 0 fully saturated rings. The summed E-state index contributed by atoms with van der Waals surface area (Å²) in [6, 6.07) is 19.8. The van der Waals surface area contributed by atoms with E-state index in [1.807, 2.05) is 0 Å². The van der Waals surface area contributed by atoms with Crippen LogP contribution in [0.5, 0.6) is 11.5 Å². The highest BCUT2D eigenvalue weighted by atomic mass is 31.2. The number of rotatable bonds is 16. The first-order chi connectivity index (χ1) is 19.2. The fourth-order valence-corrected chi connectivity index (χ4v) is 7.95. The maximum atomic E-state index is 13.8. The smallest absolute Gasteiger partial charge is 0.357 e. The van der Waals surface area contributed by atoms with E-state index in [1.165, 1.54) is 24.3 Å². The van der Waals surface area contributed by atoms with Crippen molar-refractivity contribution in [1.29, 1.82) is 0 Å². The van der Waals surface area contributed by atoms with E-state index in [0.29, 0.717) is 22.5 Å². The molecule has 2 unspecified atom stereocenters. The molecule has 0 spiro atoms. The van der Waals surface area contributed by atoms with E-state index in [-0.39, 0.29) is 37.9 Å². The van der Waals surface area contributed by atoms with Crippen LogP contribution in [-0.4, -0.2) is 36.6 Å². The van der Waals surface area contributed by atoms with Crippen LogP contribution in [0.2, 0.25) is 0 Å². The minimum absolute atomic E-state index is 0.0835. The number of nitrogens with one attached hydrogen (secondary N) is 2. The zero-order valence-electron chi connectivity index (χ0n) is 23.1. The SMILES string of the molecule is CCOP(=O)(OCC)C(Nc1ccc(NC(c2ccc(O)cc2)P(=O)(OCC)OCC)cc1)c1ccc(O)cc1. The van der Waals surface area contributed by atoms with Gasteiger partial charge in [-0.3, -0.25) is 9.13 Å². The molecule has 0 amide bonds. The Morgan fingerprint density at radius 1 is 0.550 bits per heavy atom. The molecule has 0 aromatic heterocycles. The molecule has 0 heterocycles. The van der Waals surface area contributed by atoms with Gasteiger partial charge in [-0.15, -0.1) is 0 Å². The number of phenols is 2. The largest absolute Gasteiger partial charge is 0.508 e. The molecule has 3 rings (SSSR count). The molecule has 0 bridgehead atoms. The first kappa shape index (κ1) is 31.7. The number of anilines is 2. The van der Waals surface area contributed by atoms with Gasteiger partial charge in [-0.1, -0.05) is 24.3 Å². The van der Waals surface area contributed by atoms with Crippen LogP contribution in [0.1, 0.15) is 50.4 Å². The molecule has 10 nitrogen and oxygen atoms in total. The van der Waals surface area contributed by atoms with Gasteiger partial charge in [-0.25, -0.2) is 0 Å². The second-order valence-corrected chi connectivity index (χ2v) is 12.8. The predicted octanol–water partition coefficient (Wildman–Crippen LogP) is 7.85. The summed E-state index contributed by atoms with van der Waals surface area (Å²) in [6.45, 7) is 7.73. The van der Waals surface area contributed by atoms with Gasteiger partial charge < -0.3 is 38.9 Å². The van der Waals surface area contributed by atoms with Crippen molar-refractivity contribution in [2.75, 3.05) is 37.1 Å². The molecular weight excluding hydrogens is 554 g/mol. The molecule has 40 heavy (non-hydrogen) atoms. The number of hydrogen-bond donors (Lipinski definition) is 4. The normalized spacial score (nSPS) is 13.5. The zero-order valence-corrected chi connectivity index (χ0v) is 24.9. The number of phenolic OH excluding ortho intramolecular Hbond substituents is 2. The molecular formula is C28H38N2O8P2. The Morgan fingerprint density at radius 2 is 0.825 bits per heavy atom. The van der Waals surface area contributed by atoms with Crippen molar-refractivity contribution < 1.29 is 37.4 Å². The standard InChI is InChI=1S/C28H38N2O8P2/c1-5-35-39(33,36-6-2)27(21-9-17-25(31)18-10-21)29-23-13-15-24(16-14-23)30-28(22-11-19-26(32)20-12-22)40(34,37-7-3)38-8-4/h9-20,27-32H,5-8H2,1-4H3. The van der Waals surface area contributed by atoms with Gasteiger partial charge in [0.25, 0.3) is 0 Å². The third-order valence-corrected chi connectivity index (χ3v) is 10.4. The summed E-state index contributed by atoms with van der Waals surface area (Å²) >= 11 is 0. The van der Waals surface area contributed by atoms with E-state index < -0.39 is 26.8 Å². The summed E-state index contributed by atoms with van der Waals surface area (Å²) in [5.74, 6) is -1.51. The van der Waals surface area contributed by atoms with Gasteiger partial charge in [-0.2, -0.15) is 0 Å². The first-order valence-corrected chi connectivity index (χ1v) is 16.4. The van der Waals surface area contributed by atoms with Crippen molar-refractivity contribution in [2.24, 2.45) is 0 Å². The van der Waals surface area contributed by atoms with Gasteiger partial charge in [0.05, 0.1) is 26.4 Å². The summed E-state index contributed by atoms with van der Waals surface area (Å²) in [7, 11) is -7.29. The third-order valence-electron chi connectivity index (χ3n) is 5.78. The van der Waals surface area contributed by atoms with Crippen LogP contribution in [0.3, 0.4) is 0 Å². The molecule has 3 aromatic rings. The van der Waals surface area contributed by atoms with Crippen LogP contribution < -0.4 is 10.6 Å². The van der Waals surface area contributed by atoms with Crippen LogP contribution in [0.25, 0.3) is 0 Å². The second-order valence-electron chi connectivity index (χ2n) is 8.60. The van der Waals surface area contributed by atoms with Crippen LogP contribution in [0.15, 0.2) is 72.8 Å². The maximum Gasteiger partial charge on any atom is 0.357 e. The van der Waals surface area contributed by atoms with E-state index in [2.05, 4.69) is 10.6 Å². The van der Waals surface area contributed by atoms with E-state index in [1.54, 1.807) is 76.2 Å². The van der Waals surface area contributed by atoms with Gasteiger partial charge in [0.15, 0.2) is 11.6 Å². The van der Waals surface area contributed by atoms with E-state index >= 15 is 0 Å². The average molecular weight is 593 g/mol. The Kier molecular flexibility index (Phi) is 11.6. The maximum absolute atomic E-state index is 13.8. The van der Waals surface area contributed by atoms with Crippen LogP contribution in [0, 0.1) is 0 Å². The van der Waals surface area contributed by atoms with Crippen molar-refractivity contribution in [3.05, 3.63) is 83.9 Å². The zero-order chi connectivity index (χ0) is 29.2. The summed E-state index contributed by atoms with van der Waals surface area (Å²) < 4.78 is 50.0. The second kappa shape index (κ2) is 14.7. The Balaban J connectivity index is 1.92. The monoisotopic (exact) mass is 592 g/mol. The van der Waals surface area contributed by atoms with Crippen LogP contribution in [-0.2, 0) is 27.2 Å². The van der Waals surface area contributed by atoms with E-state index in [9.17, 15) is 19.3 Å². The number of hydrogen-bond acceptors (Lipinski definition) is 10. The van der Waals surface area contributed by atoms with Crippen molar-refractivity contribution in [3.8, 4) is 11.5 Å². The van der Waals surface area contributed by atoms with Gasteiger partial charge in [-0.05, 0) is 87.4 Å². The summed E-state index contributed by atoms with van der Waals surface area (Å²) in [5, 5.41) is 26.0. The predicted molar refractivity (Wildman–Crippen MR) is 157 cm³/mol. The minimum atomic E-state index is -3.65. The lowest BCUT2D eigenvalue weighted by molar-refractivity contribution is 0.213. The highest BCUT2D eigenvalue weighted by molar-refractivity contribution is 7.54. The molecule has 2 atom stereocenters. The molecule has 0 aliphatic carbocycles. The lowest BCUT2D eigenvalue weighted by Gasteiger charge is -2.29. The van der Waals surface area contributed by atoms with Crippen molar-refractivity contribution in [3.63, 3.8) is 0 Å². The van der Waals surface area contributed by atoms with Gasteiger partial charge in [0.1, 0.15) is 11.5 Å². The molecule has 0 aliphatic rings. The van der Waals surface area contributed by atoms with E-state index in [0.717, 1.165) is 0 Å². The van der Waals surface area contributed by atoms with Crippen LogP contribution >= 0.6 is 15.2 Å². The van der Waals surface area contributed by atoms with Crippen LogP contribution in [0.4, 0.5) is 11.4 Å². The summed E-state index contributed by atoms with van der Waals surface area (Å²) in [5.41, 5.74) is 2.49. The van der Waals surface area contributed by atoms with Crippen molar-refractivity contribution >= 4 is 26.6 Å². The third kappa shape index (κ3) is 8.10. The van der Waals surface area contributed by atoms with E-state index in [4.69, 9.17) is 18.1 Å². The fraction of sp³-hybridized carbons (Fsp3) is 0.357. The number of aromatic hydroxyl groups is 2. The van der Waals surface area contributed by atoms with Gasteiger partial charge in [0, 0.05) is 11.4 Å². The molecule has 218 valence electrons. The lowest BCUT2D eigenvalue weighted by Crippen LogP contribution is -2.16. The highest BCUT2D eigenvalue weighted by Crippen LogP contribution is 2.62. The molecule has 0 aliphatic heterocycles. The topological polar surface area (TPSA) is 136 Å². The lowest BCUT2D eigenvalue weighted by atomic mass is 10.2. The molecule has 12 heteroatoms. The minimum Gasteiger partial charge on any atom is -0.508 e. The highest BCUT2D eigenvalue weighted by Gasteiger charge is 2.38. The fourth-order valence-electron chi connectivity index (χ4n) is 4.07. The van der Waals surface area contributed by atoms with Gasteiger partial charge >= 0.3 is 15.2 Å². The molecule has 0 radical (unpaired) electrons. The number of benzene rings is 3. The summed E-state index contributed by atoms with van der Waals surface area (Å²) in [4.78, 5) is 0. The van der Waals surface area contributed by atoms with Gasteiger partial charge in [0.2, 0.25) is 0 Å². The van der Waals surface area contributed by atoms with Crippen molar-refractivity contribution in [2.45, 2.75) is 39.3 Å². The molecule has 3 aromatic carbocycles. The Labute approximate surface area is 235 Å². The molecule has 4 N–H and O–H groups in total. The first-order valence-electron chi connectivity index (χ1n) is 13.2. The Morgan fingerprint density at radius 3 is 1.07 bits per heavy atom. The quantitative estimate of drug-likeness (QED) is 0.122.